The van der Waals surface area contributed by atoms with Gasteiger partial charge in [-0.2, -0.15) is 0 Å². The molecular formula is C25H17F5O. The minimum atomic E-state index is -5.19. The van der Waals surface area contributed by atoms with Crippen LogP contribution in [0.5, 0.6) is 5.75 Å². The van der Waals surface area contributed by atoms with E-state index in [1.54, 1.807) is 0 Å². The van der Waals surface area contributed by atoms with Crippen molar-refractivity contribution >= 4 is 0 Å². The van der Waals surface area contributed by atoms with Crippen LogP contribution in [0.4, 0.5) is 22.0 Å². The molecule has 158 valence electrons. The number of hydrogen-bond acceptors (Lipinski definition) is 1. The third kappa shape index (κ3) is 4.56. The van der Waals surface area contributed by atoms with Crippen LogP contribution in [0, 0.1) is 23.5 Å². The number of hydrogen-bond donors (Lipinski definition) is 0. The average Bonchev–Trinajstić information content (AvgIpc) is 3.05. The smallest absolute Gasteiger partial charge is 0.399 e. The monoisotopic (exact) mass is 428 g/mol. The summed E-state index contributed by atoms with van der Waals surface area (Å²) in [6.07, 6.45) is -2.30. The molecule has 0 N–H and O–H groups in total. The maximum atomic E-state index is 13.9. The molecule has 0 aromatic heterocycles. The fourth-order valence-electron chi connectivity index (χ4n) is 3.78. The van der Waals surface area contributed by atoms with Gasteiger partial charge in [-0.3, -0.25) is 0 Å². The van der Waals surface area contributed by atoms with Crippen LogP contribution in [-0.2, 0) is 12.8 Å². The van der Waals surface area contributed by atoms with Gasteiger partial charge in [0.2, 0.25) is 5.75 Å². The summed E-state index contributed by atoms with van der Waals surface area (Å²) in [4.78, 5) is 0. The van der Waals surface area contributed by atoms with E-state index >= 15 is 0 Å². The Kier molecular flexibility index (Phi) is 5.45. The lowest BCUT2D eigenvalue weighted by Gasteiger charge is -2.10. The molecule has 0 saturated heterocycles. The van der Waals surface area contributed by atoms with E-state index in [0.29, 0.717) is 5.56 Å². The van der Waals surface area contributed by atoms with Gasteiger partial charge < -0.3 is 4.74 Å². The SMILES string of the molecule is CCCc1ccc2c(c1)Cc1cc(C#Cc3cc(F)c(OC(F)(F)F)c(F)c3)ccc1-2. The number of rotatable bonds is 3. The quantitative estimate of drug-likeness (QED) is 0.258. The Morgan fingerprint density at radius 2 is 1.45 bits per heavy atom. The van der Waals surface area contributed by atoms with Gasteiger partial charge in [0.25, 0.3) is 0 Å². The first kappa shape index (κ1) is 20.9. The van der Waals surface area contributed by atoms with Crippen molar-refractivity contribution in [1.29, 1.82) is 0 Å². The molecule has 1 aliphatic rings. The van der Waals surface area contributed by atoms with E-state index in [4.69, 9.17) is 0 Å². The molecule has 3 aromatic carbocycles. The van der Waals surface area contributed by atoms with Crippen molar-refractivity contribution in [3.63, 3.8) is 0 Å². The summed E-state index contributed by atoms with van der Waals surface area (Å²) >= 11 is 0. The standard InChI is InChI=1S/C25H17F5O/c1-2-3-15-6-8-20-18(10-15)14-19-11-16(7-9-21(19)20)4-5-17-12-22(26)24(23(27)13-17)31-25(28,29)30/h6-13H,2-3,14H2,1H3. The molecular weight excluding hydrogens is 411 g/mol. The van der Waals surface area contributed by atoms with Crippen LogP contribution >= 0.6 is 0 Å². The van der Waals surface area contributed by atoms with Gasteiger partial charge in [-0.05, 0) is 64.9 Å². The van der Waals surface area contributed by atoms with Gasteiger partial charge >= 0.3 is 6.36 Å². The van der Waals surface area contributed by atoms with Crippen LogP contribution in [-0.4, -0.2) is 6.36 Å². The molecule has 0 fully saturated rings. The minimum Gasteiger partial charge on any atom is -0.399 e. The van der Waals surface area contributed by atoms with Crippen LogP contribution in [0.2, 0.25) is 0 Å². The van der Waals surface area contributed by atoms with Crippen molar-refractivity contribution in [3.8, 4) is 28.7 Å². The molecule has 6 heteroatoms. The van der Waals surface area contributed by atoms with Crippen molar-refractivity contribution in [2.45, 2.75) is 32.5 Å². The zero-order valence-electron chi connectivity index (χ0n) is 16.5. The maximum absolute atomic E-state index is 13.9. The summed E-state index contributed by atoms with van der Waals surface area (Å²) < 4.78 is 67.9. The Morgan fingerprint density at radius 3 is 2.10 bits per heavy atom. The molecule has 0 bridgehead atoms. The molecule has 0 atom stereocenters. The Hall–Kier alpha value is -3.33. The number of halogens is 5. The molecule has 0 unspecified atom stereocenters. The van der Waals surface area contributed by atoms with E-state index < -0.39 is 23.7 Å². The third-order valence-electron chi connectivity index (χ3n) is 5.05. The topological polar surface area (TPSA) is 9.23 Å². The van der Waals surface area contributed by atoms with Crippen molar-refractivity contribution in [2.75, 3.05) is 0 Å². The second kappa shape index (κ2) is 8.07. The van der Waals surface area contributed by atoms with Crippen molar-refractivity contribution in [2.24, 2.45) is 0 Å². The average molecular weight is 428 g/mol. The third-order valence-corrected chi connectivity index (χ3v) is 5.05. The van der Waals surface area contributed by atoms with Gasteiger partial charge in [0.15, 0.2) is 11.6 Å². The molecule has 0 amide bonds. The zero-order valence-corrected chi connectivity index (χ0v) is 16.5. The predicted molar refractivity (Wildman–Crippen MR) is 108 cm³/mol. The predicted octanol–water partition coefficient (Wildman–Crippen LogP) is 6.79. The molecule has 1 nitrogen and oxygen atoms in total. The van der Waals surface area contributed by atoms with E-state index in [2.05, 4.69) is 41.7 Å². The fraction of sp³-hybridized carbons (Fsp3) is 0.200. The van der Waals surface area contributed by atoms with Gasteiger partial charge in [0.1, 0.15) is 0 Å². The summed E-state index contributed by atoms with van der Waals surface area (Å²) in [5, 5.41) is 0. The lowest BCUT2D eigenvalue weighted by atomic mass is 10.0. The van der Waals surface area contributed by atoms with E-state index in [9.17, 15) is 22.0 Å². The molecule has 0 aliphatic heterocycles. The normalized spacial score (nSPS) is 12.1. The largest absolute Gasteiger partial charge is 0.573 e. The summed E-state index contributed by atoms with van der Waals surface area (Å²) in [5.74, 6) is 1.01. The van der Waals surface area contributed by atoms with E-state index in [1.165, 1.54) is 16.7 Å². The van der Waals surface area contributed by atoms with E-state index in [1.807, 2.05) is 18.2 Å². The lowest BCUT2D eigenvalue weighted by molar-refractivity contribution is -0.276. The number of benzene rings is 3. The molecule has 1 aliphatic carbocycles. The molecule has 31 heavy (non-hydrogen) atoms. The molecule has 3 aromatic rings. The van der Waals surface area contributed by atoms with Gasteiger partial charge in [0.05, 0.1) is 0 Å². The number of fused-ring (bicyclic) bond motifs is 3. The number of aryl methyl sites for hydroxylation is 1. The van der Waals surface area contributed by atoms with Crippen LogP contribution in [0.3, 0.4) is 0 Å². The lowest BCUT2D eigenvalue weighted by Crippen LogP contribution is -2.19. The Labute approximate surface area is 176 Å². The molecule has 4 rings (SSSR count). The molecule has 0 saturated carbocycles. The highest BCUT2D eigenvalue weighted by atomic mass is 19.4. The van der Waals surface area contributed by atoms with E-state index in [0.717, 1.165) is 42.5 Å². The van der Waals surface area contributed by atoms with Crippen molar-refractivity contribution in [3.05, 3.63) is 88.0 Å². The maximum Gasteiger partial charge on any atom is 0.573 e. The van der Waals surface area contributed by atoms with Crippen LogP contribution in [0.25, 0.3) is 11.1 Å². The van der Waals surface area contributed by atoms with Crippen LogP contribution < -0.4 is 4.74 Å². The highest BCUT2D eigenvalue weighted by Gasteiger charge is 2.34. The summed E-state index contributed by atoms with van der Waals surface area (Å²) in [6, 6.07) is 13.6. The first-order valence-corrected chi connectivity index (χ1v) is 9.75. The minimum absolute atomic E-state index is 0.0856. The first-order chi connectivity index (χ1) is 14.7. The molecule has 0 radical (unpaired) electrons. The Morgan fingerprint density at radius 1 is 0.839 bits per heavy atom. The number of ether oxygens (including phenoxy) is 1. The highest BCUT2D eigenvalue weighted by Crippen LogP contribution is 2.37. The van der Waals surface area contributed by atoms with Crippen molar-refractivity contribution < 1.29 is 26.7 Å². The Bertz CT molecular complexity index is 1190. The first-order valence-electron chi connectivity index (χ1n) is 9.75. The van der Waals surface area contributed by atoms with Gasteiger partial charge in [-0.15, -0.1) is 13.2 Å². The highest BCUT2D eigenvalue weighted by molar-refractivity contribution is 5.77. The number of alkyl halides is 3. The van der Waals surface area contributed by atoms with Gasteiger partial charge in [-0.25, -0.2) is 8.78 Å². The van der Waals surface area contributed by atoms with Gasteiger partial charge in [0, 0.05) is 11.1 Å². The Balaban J connectivity index is 1.58. The summed E-state index contributed by atoms with van der Waals surface area (Å²) in [5.41, 5.74) is 6.57. The second-order valence-electron chi connectivity index (χ2n) is 7.36. The summed E-state index contributed by atoms with van der Waals surface area (Å²) in [6.45, 7) is 2.14. The van der Waals surface area contributed by atoms with Gasteiger partial charge in [-0.1, -0.05) is 49.5 Å². The zero-order chi connectivity index (χ0) is 22.2. The van der Waals surface area contributed by atoms with E-state index in [-0.39, 0.29) is 5.56 Å². The van der Waals surface area contributed by atoms with Crippen LogP contribution in [0.1, 0.15) is 41.2 Å². The fourth-order valence-corrected chi connectivity index (χ4v) is 3.78. The van der Waals surface area contributed by atoms with Crippen LogP contribution in [0.15, 0.2) is 48.5 Å². The molecule has 0 heterocycles. The second-order valence-corrected chi connectivity index (χ2v) is 7.36. The summed E-state index contributed by atoms with van der Waals surface area (Å²) in [7, 11) is 0. The van der Waals surface area contributed by atoms with Crippen molar-refractivity contribution in [1.82, 2.24) is 0 Å². The molecule has 0 spiro atoms.